The van der Waals surface area contributed by atoms with Crippen LogP contribution in [0.1, 0.15) is 45.4 Å². The normalized spacial score (nSPS) is 39.3. The van der Waals surface area contributed by atoms with Crippen LogP contribution in [-0.2, 0) is 9.53 Å². The van der Waals surface area contributed by atoms with Crippen molar-refractivity contribution < 1.29 is 9.53 Å². The van der Waals surface area contributed by atoms with E-state index >= 15 is 0 Å². The molecule has 0 unspecified atom stereocenters. The van der Waals surface area contributed by atoms with Crippen LogP contribution in [-0.4, -0.2) is 22.5 Å². The van der Waals surface area contributed by atoms with Gasteiger partial charge in [-0.1, -0.05) is 11.8 Å². The van der Waals surface area contributed by atoms with E-state index in [4.69, 9.17) is 17.0 Å². The lowest BCUT2D eigenvalue weighted by Gasteiger charge is -2.56. The number of thiocarbonyl (C=S) groups is 1. The second kappa shape index (κ2) is 5.36. The number of thioether (sulfide) groups is 1. The number of hydrogen-bond donors (Lipinski definition) is 0. The molecule has 0 atom stereocenters. The Morgan fingerprint density at radius 1 is 1.21 bits per heavy atom. The average molecular weight is 298 g/mol. The first-order valence-corrected chi connectivity index (χ1v) is 8.83. The van der Waals surface area contributed by atoms with Crippen LogP contribution in [0.15, 0.2) is 0 Å². The molecule has 4 bridgehead atoms. The molecule has 4 fully saturated rings. The zero-order valence-electron chi connectivity index (χ0n) is 11.5. The van der Waals surface area contributed by atoms with Gasteiger partial charge in [-0.3, -0.25) is 4.79 Å². The Morgan fingerprint density at radius 2 is 1.74 bits per heavy atom. The zero-order chi connectivity index (χ0) is 13.5. The van der Waals surface area contributed by atoms with Gasteiger partial charge in [-0.2, -0.15) is 0 Å². The summed E-state index contributed by atoms with van der Waals surface area (Å²) in [4.78, 5) is 12.7. The molecular formula is C15H22O2S2. The van der Waals surface area contributed by atoms with Crippen molar-refractivity contribution in [1.82, 2.24) is 0 Å². The molecular weight excluding hydrogens is 276 g/mol. The van der Waals surface area contributed by atoms with Crippen LogP contribution in [0.3, 0.4) is 0 Å². The molecule has 19 heavy (non-hydrogen) atoms. The topological polar surface area (TPSA) is 26.3 Å². The van der Waals surface area contributed by atoms with Crippen LogP contribution in [0.2, 0.25) is 0 Å². The Hall–Kier alpha value is -0.0900. The second-order valence-corrected chi connectivity index (χ2v) is 8.17. The standard InChI is InChI=1S/C15H22O2S2/c1-2-17-14(18)19-9-13(16)15-6-10-3-11(7-15)5-12(4-10)8-15/h10-12H,2-9H2,1H3. The summed E-state index contributed by atoms with van der Waals surface area (Å²) in [6, 6.07) is 0. The lowest BCUT2D eigenvalue weighted by molar-refractivity contribution is -0.141. The summed E-state index contributed by atoms with van der Waals surface area (Å²) in [6.07, 6.45) is 7.62. The van der Waals surface area contributed by atoms with Gasteiger partial charge in [-0.05, 0) is 75.4 Å². The summed E-state index contributed by atoms with van der Waals surface area (Å²) in [5, 5.41) is 0. The zero-order valence-corrected chi connectivity index (χ0v) is 13.2. The van der Waals surface area contributed by atoms with Crippen molar-refractivity contribution in [3.63, 3.8) is 0 Å². The van der Waals surface area contributed by atoms with E-state index in [9.17, 15) is 4.79 Å². The highest BCUT2D eigenvalue weighted by molar-refractivity contribution is 8.23. The molecule has 0 spiro atoms. The number of carbonyl (C=O) groups excluding carboxylic acids is 1. The van der Waals surface area contributed by atoms with Crippen molar-refractivity contribution in [3.8, 4) is 0 Å². The molecule has 2 nitrogen and oxygen atoms in total. The number of rotatable bonds is 4. The molecule has 0 radical (unpaired) electrons. The van der Waals surface area contributed by atoms with Crippen molar-refractivity contribution in [3.05, 3.63) is 0 Å². The molecule has 4 heteroatoms. The minimum absolute atomic E-state index is 0.0174. The molecule has 0 aliphatic heterocycles. The third-order valence-corrected chi connectivity index (χ3v) is 6.44. The summed E-state index contributed by atoms with van der Waals surface area (Å²) >= 11 is 6.52. The van der Waals surface area contributed by atoms with E-state index in [1.54, 1.807) is 0 Å². The summed E-state index contributed by atoms with van der Waals surface area (Å²) in [7, 11) is 0. The van der Waals surface area contributed by atoms with Crippen LogP contribution in [0.25, 0.3) is 0 Å². The minimum atomic E-state index is 0.0174. The quantitative estimate of drug-likeness (QED) is 0.737. The number of ketones is 1. The molecule has 0 N–H and O–H groups in total. The van der Waals surface area contributed by atoms with Gasteiger partial charge in [0.1, 0.15) is 5.78 Å². The Morgan fingerprint density at radius 3 is 2.21 bits per heavy atom. The summed E-state index contributed by atoms with van der Waals surface area (Å²) in [5.74, 6) is 3.46. The first kappa shape index (κ1) is 13.9. The largest absolute Gasteiger partial charge is 0.479 e. The van der Waals surface area contributed by atoms with Gasteiger partial charge in [0.05, 0.1) is 12.4 Å². The predicted molar refractivity (Wildman–Crippen MR) is 82.3 cm³/mol. The molecule has 4 saturated carbocycles. The maximum absolute atomic E-state index is 12.7. The van der Waals surface area contributed by atoms with E-state index < -0.39 is 0 Å². The monoisotopic (exact) mass is 298 g/mol. The van der Waals surface area contributed by atoms with Gasteiger partial charge in [0.15, 0.2) is 0 Å². The van der Waals surface area contributed by atoms with E-state index in [1.807, 2.05) is 6.92 Å². The SMILES string of the molecule is CCOC(=S)SCC(=O)C12CC3CC(CC(C3)C1)C2. The van der Waals surface area contributed by atoms with Crippen molar-refractivity contribution >= 4 is 34.1 Å². The molecule has 4 rings (SSSR count). The number of carbonyl (C=O) groups is 1. The van der Waals surface area contributed by atoms with Crippen molar-refractivity contribution in [2.75, 3.05) is 12.4 Å². The summed E-state index contributed by atoms with van der Waals surface area (Å²) in [6.45, 7) is 2.52. The fraction of sp³-hybridized carbons (Fsp3) is 0.867. The second-order valence-electron chi connectivity index (χ2n) is 6.59. The van der Waals surface area contributed by atoms with Gasteiger partial charge in [0.2, 0.25) is 4.38 Å². The summed E-state index contributed by atoms with van der Waals surface area (Å²) < 4.78 is 5.78. The Balaban J connectivity index is 1.61. The molecule has 106 valence electrons. The highest BCUT2D eigenvalue weighted by atomic mass is 32.2. The smallest absolute Gasteiger partial charge is 0.220 e. The van der Waals surface area contributed by atoms with Crippen LogP contribution in [0.5, 0.6) is 0 Å². The van der Waals surface area contributed by atoms with Crippen molar-refractivity contribution in [1.29, 1.82) is 0 Å². The van der Waals surface area contributed by atoms with Gasteiger partial charge in [0.25, 0.3) is 0 Å². The lowest BCUT2D eigenvalue weighted by Crippen LogP contribution is -2.50. The van der Waals surface area contributed by atoms with E-state index in [0.29, 0.717) is 22.5 Å². The Labute approximate surface area is 125 Å². The number of hydrogen-bond acceptors (Lipinski definition) is 4. The Kier molecular flexibility index (Phi) is 3.91. The third kappa shape index (κ3) is 2.71. The first-order chi connectivity index (χ1) is 9.11. The molecule has 0 saturated heterocycles. The molecule has 0 aromatic rings. The van der Waals surface area contributed by atoms with Gasteiger partial charge in [-0.15, -0.1) is 0 Å². The van der Waals surface area contributed by atoms with E-state index in [0.717, 1.165) is 37.0 Å². The van der Waals surface area contributed by atoms with Crippen molar-refractivity contribution in [2.24, 2.45) is 23.2 Å². The first-order valence-electron chi connectivity index (χ1n) is 7.44. The molecule has 0 aromatic carbocycles. The van der Waals surface area contributed by atoms with Crippen LogP contribution < -0.4 is 0 Å². The average Bonchev–Trinajstić information content (AvgIpc) is 2.34. The fourth-order valence-electron chi connectivity index (χ4n) is 4.89. The molecule has 0 heterocycles. The number of Topliss-reactive ketones (excluding diaryl/α,β-unsaturated/α-hetero) is 1. The van der Waals surface area contributed by atoms with Crippen LogP contribution in [0.4, 0.5) is 0 Å². The van der Waals surface area contributed by atoms with Gasteiger partial charge < -0.3 is 4.74 Å². The molecule has 4 aliphatic rings. The number of ether oxygens (including phenoxy) is 1. The van der Waals surface area contributed by atoms with Crippen LogP contribution in [0, 0.1) is 23.2 Å². The molecule has 0 aromatic heterocycles. The van der Waals surface area contributed by atoms with E-state index in [1.165, 1.54) is 31.0 Å². The van der Waals surface area contributed by atoms with E-state index in [2.05, 4.69) is 0 Å². The maximum atomic E-state index is 12.7. The predicted octanol–water partition coefficient (Wildman–Crippen LogP) is 3.83. The van der Waals surface area contributed by atoms with Gasteiger partial charge in [-0.25, -0.2) is 0 Å². The van der Waals surface area contributed by atoms with Gasteiger partial charge in [0, 0.05) is 5.41 Å². The van der Waals surface area contributed by atoms with Crippen molar-refractivity contribution in [2.45, 2.75) is 45.4 Å². The fourth-order valence-corrected chi connectivity index (χ4v) is 5.94. The maximum Gasteiger partial charge on any atom is 0.220 e. The van der Waals surface area contributed by atoms with Crippen LogP contribution >= 0.6 is 24.0 Å². The van der Waals surface area contributed by atoms with E-state index in [-0.39, 0.29) is 5.41 Å². The summed E-state index contributed by atoms with van der Waals surface area (Å²) in [5.41, 5.74) is 0.0174. The lowest BCUT2D eigenvalue weighted by atomic mass is 9.48. The highest BCUT2D eigenvalue weighted by Gasteiger charge is 2.54. The third-order valence-electron chi connectivity index (χ3n) is 5.21. The minimum Gasteiger partial charge on any atom is -0.479 e. The Bertz CT molecular complexity index is 356. The highest BCUT2D eigenvalue weighted by Crippen LogP contribution is 2.60. The molecule has 0 amide bonds. The molecule has 4 aliphatic carbocycles. The van der Waals surface area contributed by atoms with Gasteiger partial charge >= 0.3 is 0 Å².